The van der Waals surface area contributed by atoms with Crippen molar-refractivity contribution in [3.8, 4) is 5.75 Å². The number of aromatic nitrogens is 2. The molecule has 2 heterocycles. The molecule has 0 spiro atoms. The number of nitrogens with one attached hydrogen (secondary N) is 1. The quantitative estimate of drug-likeness (QED) is 0.737. The lowest BCUT2D eigenvalue weighted by Gasteiger charge is -2.13. The van der Waals surface area contributed by atoms with E-state index in [-0.39, 0.29) is 23.3 Å². The number of hydrogen-bond acceptors (Lipinski definition) is 5. The molecule has 4 rings (SSSR count). The van der Waals surface area contributed by atoms with Crippen molar-refractivity contribution in [1.82, 2.24) is 14.7 Å². The van der Waals surface area contributed by atoms with Crippen LogP contribution in [-0.2, 0) is 0 Å². The van der Waals surface area contributed by atoms with Crippen molar-refractivity contribution >= 4 is 22.2 Å². The van der Waals surface area contributed by atoms with Gasteiger partial charge in [-0.15, -0.1) is 24.5 Å². The predicted octanol–water partition coefficient (Wildman–Crippen LogP) is 2.94. The molecule has 140 valence electrons. The molecule has 1 N–H and O–H groups in total. The van der Waals surface area contributed by atoms with E-state index in [0.29, 0.717) is 16.9 Å². The van der Waals surface area contributed by atoms with Crippen molar-refractivity contribution in [1.29, 1.82) is 0 Å². The molecule has 0 saturated heterocycles. The van der Waals surface area contributed by atoms with Crippen LogP contribution < -0.4 is 15.6 Å². The monoisotopic (exact) mass is 395 g/mol. The smallest absolute Gasteiger partial charge is 0.405 e. The molecule has 0 radical (unpaired) electrons. The zero-order chi connectivity index (χ0) is 19.2. The third kappa shape index (κ3) is 3.52. The van der Waals surface area contributed by atoms with Gasteiger partial charge in [0.25, 0.3) is 11.5 Å². The molecule has 3 aromatic rings. The maximum Gasteiger partial charge on any atom is 0.573 e. The molecule has 0 aliphatic heterocycles. The Balaban J connectivity index is 1.51. The van der Waals surface area contributed by atoms with Crippen LogP contribution in [0.5, 0.6) is 5.75 Å². The number of nitrogens with zero attached hydrogens (tertiary/aromatic N) is 2. The number of carbonyl (C=O) groups is 1. The summed E-state index contributed by atoms with van der Waals surface area (Å²) in [7, 11) is 0. The predicted molar refractivity (Wildman–Crippen MR) is 91.1 cm³/mol. The number of rotatable bonds is 4. The van der Waals surface area contributed by atoms with Gasteiger partial charge < -0.3 is 10.1 Å². The average molecular weight is 395 g/mol. The van der Waals surface area contributed by atoms with E-state index in [1.165, 1.54) is 46.3 Å². The second kappa shape index (κ2) is 6.38. The van der Waals surface area contributed by atoms with Crippen LogP contribution in [-0.4, -0.2) is 27.7 Å². The fourth-order valence-electron chi connectivity index (χ4n) is 2.93. The van der Waals surface area contributed by atoms with Crippen LogP contribution in [0.1, 0.15) is 28.3 Å². The van der Waals surface area contributed by atoms with E-state index in [1.807, 2.05) is 0 Å². The molecule has 6 nitrogen and oxygen atoms in total. The highest BCUT2D eigenvalue weighted by molar-refractivity contribution is 7.15. The molecule has 1 saturated carbocycles. The summed E-state index contributed by atoms with van der Waals surface area (Å²) in [5.74, 6) is -1.20. The summed E-state index contributed by atoms with van der Waals surface area (Å²) in [5.41, 5.74) is -0.239. The maximum atomic E-state index is 12.5. The van der Waals surface area contributed by atoms with Crippen LogP contribution >= 0.6 is 11.3 Å². The van der Waals surface area contributed by atoms with Gasteiger partial charge in [0.15, 0.2) is 4.96 Å². The molecule has 1 aromatic carbocycles. The molecule has 1 aliphatic rings. The number of benzene rings is 1. The van der Waals surface area contributed by atoms with E-state index in [2.05, 4.69) is 15.0 Å². The van der Waals surface area contributed by atoms with Gasteiger partial charge in [-0.05, 0) is 18.1 Å². The summed E-state index contributed by atoms with van der Waals surface area (Å²) in [4.78, 5) is 29.2. The Morgan fingerprint density at radius 2 is 2.11 bits per heavy atom. The fourth-order valence-corrected chi connectivity index (χ4v) is 3.60. The Morgan fingerprint density at radius 3 is 2.89 bits per heavy atom. The number of ether oxygens (including phenoxy) is 1. The molecule has 1 fully saturated rings. The molecule has 1 aliphatic carbocycles. The van der Waals surface area contributed by atoms with Crippen molar-refractivity contribution in [2.45, 2.75) is 24.7 Å². The van der Waals surface area contributed by atoms with E-state index in [1.54, 1.807) is 11.4 Å². The van der Waals surface area contributed by atoms with Gasteiger partial charge in [0.2, 0.25) is 0 Å². The Hall–Kier alpha value is -2.88. The highest BCUT2D eigenvalue weighted by atomic mass is 32.1. The number of thiazole rings is 1. The van der Waals surface area contributed by atoms with Gasteiger partial charge in [0.05, 0.1) is 0 Å². The number of fused-ring (bicyclic) bond motifs is 1. The second-order valence-corrected chi connectivity index (χ2v) is 6.91. The largest absolute Gasteiger partial charge is 0.573 e. The number of hydrogen-bond donors (Lipinski definition) is 1. The number of halogens is 3. The lowest BCUT2D eigenvalue weighted by atomic mass is 10.1. The standard InChI is InChI=1S/C17H12F3N3O3S/c18-17(19,20)26-13-4-2-1-3-9(13)10-7-12(10)22-14(24)11-8-21-16-23(15(11)25)5-6-27-16/h1-6,8,10,12H,7H2,(H,22,24)/t10-,12+/m0/s1. The number of para-hydroxylation sites is 1. The van der Waals surface area contributed by atoms with Crippen LogP contribution in [0.3, 0.4) is 0 Å². The van der Waals surface area contributed by atoms with Crippen LogP contribution in [0.2, 0.25) is 0 Å². The summed E-state index contributed by atoms with van der Waals surface area (Å²) in [5, 5.41) is 4.36. The zero-order valence-corrected chi connectivity index (χ0v) is 14.4. The van der Waals surface area contributed by atoms with Gasteiger partial charge in [0, 0.05) is 29.7 Å². The van der Waals surface area contributed by atoms with E-state index in [0.717, 1.165) is 0 Å². The van der Waals surface area contributed by atoms with Gasteiger partial charge in [-0.2, -0.15) is 0 Å². The first-order chi connectivity index (χ1) is 12.8. The summed E-state index contributed by atoms with van der Waals surface area (Å²) in [6, 6.07) is 5.45. The summed E-state index contributed by atoms with van der Waals surface area (Å²) in [6.07, 6.45) is -1.60. The van der Waals surface area contributed by atoms with Crippen molar-refractivity contribution in [2.24, 2.45) is 0 Å². The molecular weight excluding hydrogens is 383 g/mol. The van der Waals surface area contributed by atoms with Crippen LogP contribution in [0.25, 0.3) is 4.96 Å². The molecule has 10 heteroatoms. The summed E-state index contributed by atoms with van der Waals surface area (Å²) < 4.78 is 43.0. The minimum Gasteiger partial charge on any atom is -0.405 e. The fraction of sp³-hybridized carbons (Fsp3) is 0.235. The van der Waals surface area contributed by atoms with Crippen LogP contribution in [0.15, 0.2) is 46.8 Å². The van der Waals surface area contributed by atoms with E-state index in [9.17, 15) is 22.8 Å². The van der Waals surface area contributed by atoms with Crippen LogP contribution in [0.4, 0.5) is 13.2 Å². The van der Waals surface area contributed by atoms with Crippen molar-refractivity contribution in [3.05, 3.63) is 63.5 Å². The minimum absolute atomic E-state index is 0.114. The molecule has 27 heavy (non-hydrogen) atoms. The Morgan fingerprint density at radius 1 is 1.33 bits per heavy atom. The zero-order valence-electron chi connectivity index (χ0n) is 13.6. The molecular formula is C17H12F3N3O3S. The van der Waals surface area contributed by atoms with Crippen molar-refractivity contribution < 1.29 is 22.7 Å². The first-order valence-corrected chi connectivity index (χ1v) is 8.82. The molecule has 1 amide bonds. The normalized spacial score (nSPS) is 19.1. The third-order valence-electron chi connectivity index (χ3n) is 4.24. The maximum absolute atomic E-state index is 12.5. The molecule has 2 aromatic heterocycles. The molecule has 0 unspecified atom stereocenters. The lowest BCUT2D eigenvalue weighted by Crippen LogP contribution is -2.33. The lowest BCUT2D eigenvalue weighted by molar-refractivity contribution is -0.274. The third-order valence-corrected chi connectivity index (χ3v) is 5.01. The highest BCUT2D eigenvalue weighted by Gasteiger charge is 2.43. The molecule has 2 atom stereocenters. The van der Waals surface area contributed by atoms with Gasteiger partial charge in [0.1, 0.15) is 11.3 Å². The Labute approximate surface area is 154 Å². The van der Waals surface area contributed by atoms with Crippen molar-refractivity contribution in [2.75, 3.05) is 0 Å². The van der Waals surface area contributed by atoms with Gasteiger partial charge >= 0.3 is 6.36 Å². The highest BCUT2D eigenvalue weighted by Crippen LogP contribution is 2.45. The molecule has 0 bridgehead atoms. The SMILES string of the molecule is O=C(N[C@@H]1C[C@H]1c1ccccc1OC(F)(F)F)c1cnc2sccn2c1=O. The second-order valence-electron chi connectivity index (χ2n) is 6.04. The van der Waals surface area contributed by atoms with E-state index < -0.39 is 17.8 Å². The first kappa shape index (κ1) is 17.5. The number of amides is 1. The van der Waals surface area contributed by atoms with E-state index >= 15 is 0 Å². The summed E-state index contributed by atoms with van der Waals surface area (Å²) in [6.45, 7) is 0. The minimum atomic E-state index is -4.79. The van der Waals surface area contributed by atoms with Crippen LogP contribution in [0, 0.1) is 0 Å². The van der Waals surface area contributed by atoms with Gasteiger partial charge in [-0.1, -0.05) is 18.2 Å². The van der Waals surface area contributed by atoms with Gasteiger partial charge in [-0.3, -0.25) is 14.0 Å². The first-order valence-electron chi connectivity index (χ1n) is 7.94. The summed E-state index contributed by atoms with van der Waals surface area (Å²) >= 11 is 1.27. The Kier molecular flexibility index (Phi) is 4.14. The van der Waals surface area contributed by atoms with Crippen molar-refractivity contribution in [3.63, 3.8) is 0 Å². The number of alkyl halides is 3. The Bertz CT molecular complexity index is 1080. The van der Waals surface area contributed by atoms with Gasteiger partial charge in [-0.25, -0.2) is 4.98 Å². The average Bonchev–Trinajstić information content (AvgIpc) is 3.16. The number of carbonyl (C=O) groups excluding carboxylic acids is 1. The topological polar surface area (TPSA) is 72.7 Å². The van der Waals surface area contributed by atoms with E-state index in [4.69, 9.17) is 0 Å².